The molecule has 0 aliphatic rings. The van der Waals surface area contributed by atoms with Gasteiger partial charge in [0.1, 0.15) is 12.3 Å². The first kappa shape index (κ1) is 20.3. The van der Waals surface area contributed by atoms with Crippen LogP contribution >= 0.6 is 0 Å². The second-order valence-corrected chi connectivity index (χ2v) is 6.02. The molecule has 2 aromatic carbocycles. The maximum absolute atomic E-state index is 12.1. The monoisotopic (exact) mass is 368 g/mol. The molecule has 0 atom stereocenters. The number of amides is 1. The molecule has 144 valence electrons. The van der Waals surface area contributed by atoms with Crippen molar-refractivity contribution in [3.05, 3.63) is 60.2 Å². The molecular weight excluding hydrogens is 340 g/mol. The van der Waals surface area contributed by atoms with Crippen LogP contribution < -0.4 is 15.4 Å². The average Bonchev–Trinajstić information content (AvgIpc) is 2.67. The number of hydrogen-bond donors (Lipinski definition) is 2. The van der Waals surface area contributed by atoms with E-state index in [4.69, 9.17) is 4.74 Å². The minimum absolute atomic E-state index is 0.0604. The van der Waals surface area contributed by atoms with Gasteiger partial charge in [-0.3, -0.25) is 4.79 Å². The summed E-state index contributed by atoms with van der Waals surface area (Å²) >= 11 is 0. The van der Waals surface area contributed by atoms with E-state index in [1.165, 1.54) is 0 Å². The highest BCUT2D eigenvalue weighted by Crippen LogP contribution is 2.13. The molecule has 27 heavy (non-hydrogen) atoms. The molecule has 6 nitrogen and oxygen atoms in total. The minimum atomic E-state index is -0.147. The van der Waals surface area contributed by atoms with Crippen LogP contribution in [0.15, 0.2) is 59.6 Å². The van der Waals surface area contributed by atoms with Gasteiger partial charge in [0.15, 0.2) is 5.96 Å². The molecule has 0 unspecified atom stereocenters. The largest absolute Gasteiger partial charge is 0.494 e. The summed E-state index contributed by atoms with van der Waals surface area (Å²) in [5.74, 6) is 1.41. The zero-order chi connectivity index (χ0) is 19.5. The Kier molecular flexibility index (Phi) is 8.16. The van der Waals surface area contributed by atoms with Crippen LogP contribution in [-0.4, -0.2) is 43.5 Å². The van der Waals surface area contributed by atoms with Crippen LogP contribution in [0, 0.1) is 0 Å². The molecule has 2 rings (SSSR count). The Morgan fingerprint density at radius 2 is 1.78 bits per heavy atom. The molecule has 0 bridgehead atoms. The second kappa shape index (κ2) is 10.9. The van der Waals surface area contributed by atoms with Crippen LogP contribution in [0.2, 0.25) is 0 Å². The summed E-state index contributed by atoms with van der Waals surface area (Å²) in [6, 6.07) is 17.4. The molecule has 6 heteroatoms. The summed E-state index contributed by atoms with van der Waals surface area (Å²) in [5.41, 5.74) is 1.91. The first-order valence-electron chi connectivity index (χ1n) is 9.18. The predicted molar refractivity (Wildman–Crippen MR) is 110 cm³/mol. The Labute approximate surface area is 161 Å². The topological polar surface area (TPSA) is 66.0 Å². The van der Waals surface area contributed by atoms with E-state index in [1.54, 1.807) is 0 Å². The third kappa shape index (κ3) is 7.01. The quantitative estimate of drug-likeness (QED) is 0.555. The Hall–Kier alpha value is -3.02. The summed E-state index contributed by atoms with van der Waals surface area (Å²) < 4.78 is 5.47. The molecule has 0 fully saturated rings. The van der Waals surface area contributed by atoms with Crippen LogP contribution in [0.5, 0.6) is 5.75 Å². The van der Waals surface area contributed by atoms with Gasteiger partial charge in [-0.15, -0.1) is 0 Å². The number of nitrogens with one attached hydrogen (secondary N) is 2. The summed E-state index contributed by atoms with van der Waals surface area (Å²) in [6.45, 7) is 6.09. The smallest absolute Gasteiger partial charge is 0.246 e. The molecule has 0 aromatic heterocycles. The normalized spacial score (nSPS) is 11.0. The highest BCUT2D eigenvalue weighted by Gasteiger charge is 2.08. The Bertz CT molecular complexity index is 730. The molecule has 0 aliphatic carbocycles. The van der Waals surface area contributed by atoms with Gasteiger partial charge in [0, 0.05) is 25.8 Å². The molecule has 0 radical (unpaired) electrons. The van der Waals surface area contributed by atoms with Crippen molar-refractivity contribution >= 4 is 17.6 Å². The fourth-order valence-corrected chi connectivity index (χ4v) is 2.54. The van der Waals surface area contributed by atoms with Crippen molar-refractivity contribution in [1.29, 1.82) is 0 Å². The molecule has 0 heterocycles. The number of nitrogens with zero attached hydrogens (tertiary/aromatic N) is 2. The number of ether oxygens (including phenoxy) is 1. The number of hydrogen-bond acceptors (Lipinski definition) is 3. The second-order valence-electron chi connectivity index (χ2n) is 6.02. The minimum Gasteiger partial charge on any atom is -0.494 e. The van der Waals surface area contributed by atoms with Gasteiger partial charge in [-0.05, 0) is 43.7 Å². The van der Waals surface area contributed by atoms with Gasteiger partial charge in [0.05, 0.1) is 6.61 Å². The van der Waals surface area contributed by atoms with E-state index in [0.717, 1.165) is 23.5 Å². The van der Waals surface area contributed by atoms with Crippen LogP contribution in [0.25, 0.3) is 0 Å². The van der Waals surface area contributed by atoms with Gasteiger partial charge < -0.3 is 20.3 Å². The lowest BCUT2D eigenvalue weighted by molar-refractivity contribution is -0.114. The fraction of sp³-hybridized carbons (Fsp3) is 0.333. The molecule has 1 amide bonds. The lowest BCUT2D eigenvalue weighted by atomic mass is 10.2. The standard InChI is InChI=1S/C21H28N4O2/c1-4-22-21(23-15-20(26)24-18-9-7-6-8-10-18)25(3)16-17-11-13-19(14-12-17)27-5-2/h6-14H,4-5,15-16H2,1-3H3,(H,22,23)(H,24,26). The van der Waals surface area contributed by atoms with E-state index in [9.17, 15) is 4.79 Å². The van der Waals surface area contributed by atoms with E-state index >= 15 is 0 Å². The van der Waals surface area contributed by atoms with Crippen molar-refractivity contribution in [2.24, 2.45) is 4.99 Å². The molecule has 2 aromatic rings. The number of benzene rings is 2. The highest BCUT2D eigenvalue weighted by molar-refractivity contribution is 5.94. The molecule has 0 saturated heterocycles. The number of carbonyl (C=O) groups is 1. The van der Waals surface area contributed by atoms with Gasteiger partial charge in [0.2, 0.25) is 5.91 Å². The molecular formula is C21H28N4O2. The summed E-state index contributed by atoms with van der Waals surface area (Å²) in [5, 5.41) is 6.06. The Morgan fingerprint density at radius 1 is 1.07 bits per heavy atom. The first-order chi connectivity index (χ1) is 13.1. The van der Waals surface area contributed by atoms with Crippen LogP contribution in [0.3, 0.4) is 0 Å². The Balaban J connectivity index is 1.95. The maximum atomic E-state index is 12.1. The molecule has 0 saturated carbocycles. The van der Waals surface area contributed by atoms with E-state index in [1.807, 2.05) is 80.4 Å². The van der Waals surface area contributed by atoms with Gasteiger partial charge in [-0.2, -0.15) is 0 Å². The van der Waals surface area contributed by atoms with Gasteiger partial charge in [-0.1, -0.05) is 30.3 Å². The average molecular weight is 368 g/mol. The van der Waals surface area contributed by atoms with Crippen molar-refractivity contribution in [1.82, 2.24) is 10.2 Å². The Morgan fingerprint density at radius 3 is 2.41 bits per heavy atom. The van der Waals surface area contributed by atoms with Crippen molar-refractivity contribution in [2.75, 3.05) is 32.1 Å². The van der Waals surface area contributed by atoms with E-state index in [2.05, 4.69) is 15.6 Å². The first-order valence-corrected chi connectivity index (χ1v) is 9.18. The number of carbonyl (C=O) groups excluding carboxylic acids is 1. The molecule has 2 N–H and O–H groups in total. The number of guanidine groups is 1. The van der Waals surface area contributed by atoms with Gasteiger partial charge in [0.25, 0.3) is 0 Å². The van der Waals surface area contributed by atoms with Crippen LogP contribution in [0.4, 0.5) is 5.69 Å². The van der Waals surface area contributed by atoms with Gasteiger partial charge >= 0.3 is 0 Å². The van der Waals surface area contributed by atoms with Crippen molar-refractivity contribution in [3.8, 4) is 5.75 Å². The maximum Gasteiger partial charge on any atom is 0.246 e. The van der Waals surface area contributed by atoms with E-state index in [0.29, 0.717) is 19.1 Å². The summed E-state index contributed by atoms with van der Waals surface area (Å²) in [4.78, 5) is 18.6. The SMILES string of the molecule is CCNC(=NCC(=O)Nc1ccccc1)N(C)Cc1ccc(OCC)cc1. The number of rotatable bonds is 8. The zero-order valence-electron chi connectivity index (χ0n) is 16.2. The third-order valence-electron chi connectivity index (χ3n) is 3.78. The molecule has 0 aliphatic heterocycles. The fourth-order valence-electron chi connectivity index (χ4n) is 2.54. The van der Waals surface area contributed by atoms with Crippen molar-refractivity contribution in [2.45, 2.75) is 20.4 Å². The van der Waals surface area contributed by atoms with E-state index in [-0.39, 0.29) is 12.5 Å². The van der Waals surface area contributed by atoms with Crippen LogP contribution in [-0.2, 0) is 11.3 Å². The number of para-hydroxylation sites is 1. The number of aliphatic imine (C=N–C) groups is 1. The van der Waals surface area contributed by atoms with Gasteiger partial charge in [-0.25, -0.2) is 4.99 Å². The lowest BCUT2D eigenvalue weighted by Gasteiger charge is -2.22. The zero-order valence-corrected chi connectivity index (χ0v) is 16.2. The summed E-state index contributed by atoms with van der Waals surface area (Å²) in [7, 11) is 1.95. The number of anilines is 1. The molecule has 0 spiro atoms. The summed E-state index contributed by atoms with van der Waals surface area (Å²) in [6.07, 6.45) is 0. The van der Waals surface area contributed by atoms with Crippen LogP contribution in [0.1, 0.15) is 19.4 Å². The van der Waals surface area contributed by atoms with Crippen molar-refractivity contribution in [3.63, 3.8) is 0 Å². The third-order valence-corrected chi connectivity index (χ3v) is 3.78. The lowest BCUT2D eigenvalue weighted by Crippen LogP contribution is -2.39. The predicted octanol–water partition coefficient (Wildman–Crippen LogP) is 3.12. The van der Waals surface area contributed by atoms with Crippen molar-refractivity contribution < 1.29 is 9.53 Å². The highest BCUT2D eigenvalue weighted by atomic mass is 16.5. The van der Waals surface area contributed by atoms with E-state index < -0.39 is 0 Å².